The van der Waals surface area contributed by atoms with Crippen molar-refractivity contribution in [3.8, 4) is 0 Å². The molecular formula is C15H13N3O2S. The van der Waals surface area contributed by atoms with Crippen LogP contribution in [0.25, 0.3) is 10.9 Å². The summed E-state index contributed by atoms with van der Waals surface area (Å²) in [7, 11) is -3.66. The Morgan fingerprint density at radius 2 is 1.86 bits per heavy atom. The third-order valence-electron chi connectivity index (χ3n) is 3.16. The Kier molecular flexibility index (Phi) is 3.31. The first-order valence-corrected chi connectivity index (χ1v) is 7.83. The Morgan fingerprint density at radius 1 is 1.05 bits per heavy atom. The minimum Gasteiger partial charge on any atom is -0.279 e. The first kappa shape index (κ1) is 13.5. The van der Waals surface area contributed by atoms with Gasteiger partial charge in [-0.25, -0.2) is 8.42 Å². The van der Waals surface area contributed by atoms with Crippen LogP contribution in [0.2, 0.25) is 0 Å². The Bertz CT molecular complexity index is 893. The number of nitrogens with one attached hydrogen (secondary N) is 1. The Balaban J connectivity index is 2.09. The highest BCUT2D eigenvalue weighted by Crippen LogP contribution is 2.26. The summed E-state index contributed by atoms with van der Waals surface area (Å²) in [5.41, 5.74) is 2.28. The minimum absolute atomic E-state index is 0.127. The summed E-state index contributed by atoms with van der Waals surface area (Å²) in [5, 5.41) is 0.768. The lowest BCUT2D eigenvalue weighted by molar-refractivity contribution is 0.601. The molecule has 0 radical (unpaired) electrons. The van der Waals surface area contributed by atoms with Crippen molar-refractivity contribution in [1.82, 2.24) is 9.97 Å². The molecule has 5 nitrogen and oxygen atoms in total. The molecule has 3 rings (SSSR count). The molecule has 0 unspecified atom stereocenters. The van der Waals surface area contributed by atoms with Gasteiger partial charge in [0.1, 0.15) is 4.90 Å². The zero-order valence-electron chi connectivity index (χ0n) is 11.3. The number of pyridine rings is 2. The number of aryl methyl sites for hydroxylation is 1. The fraction of sp³-hybridized carbons (Fsp3) is 0.0667. The Labute approximate surface area is 122 Å². The molecule has 0 saturated carbocycles. The molecule has 3 aromatic rings. The van der Waals surface area contributed by atoms with Crippen LogP contribution in [0.1, 0.15) is 5.56 Å². The van der Waals surface area contributed by atoms with Crippen LogP contribution >= 0.6 is 0 Å². The summed E-state index contributed by atoms with van der Waals surface area (Å²) in [6, 6.07) is 10.3. The number of anilines is 1. The third-order valence-corrected chi connectivity index (χ3v) is 4.51. The van der Waals surface area contributed by atoms with Gasteiger partial charge in [-0.1, -0.05) is 6.07 Å². The van der Waals surface area contributed by atoms with Crippen LogP contribution in [0.15, 0.2) is 59.9 Å². The van der Waals surface area contributed by atoms with Crippen molar-refractivity contribution in [3.05, 3.63) is 60.6 Å². The second-order valence-electron chi connectivity index (χ2n) is 4.62. The first-order valence-electron chi connectivity index (χ1n) is 6.35. The average molecular weight is 299 g/mol. The van der Waals surface area contributed by atoms with Crippen molar-refractivity contribution in [1.29, 1.82) is 0 Å². The fourth-order valence-corrected chi connectivity index (χ4v) is 3.16. The van der Waals surface area contributed by atoms with E-state index >= 15 is 0 Å². The lowest BCUT2D eigenvalue weighted by atomic mass is 10.1. The molecule has 0 amide bonds. The maximum absolute atomic E-state index is 12.4. The smallest absolute Gasteiger partial charge is 0.263 e. The highest BCUT2D eigenvalue weighted by atomic mass is 32.2. The normalized spacial score (nSPS) is 11.5. The lowest BCUT2D eigenvalue weighted by Gasteiger charge is -2.11. The van der Waals surface area contributed by atoms with Crippen molar-refractivity contribution >= 4 is 26.6 Å². The molecule has 2 aromatic heterocycles. The molecule has 0 aliphatic heterocycles. The van der Waals surface area contributed by atoms with E-state index in [9.17, 15) is 8.42 Å². The van der Waals surface area contributed by atoms with Crippen molar-refractivity contribution < 1.29 is 8.42 Å². The maximum atomic E-state index is 12.4. The molecule has 1 N–H and O–H groups in total. The van der Waals surface area contributed by atoms with Crippen LogP contribution in [0.4, 0.5) is 5.69 Å². The van der Waals surface area contributed by atoms with E-state index in [0.29, 0.717) is 5.69 Å². The van der Waals surface area contributed by atoms with Gasteiger partial charge >= 0.3 is 0 Å². The third kappa shape index (κ3) is 2.57. The zero-order valence-corrected chi connectivity index (χ0v) is 12.1. The van der Waals surface area contributed by atoms with E-state index in [-0.39, 0.29) is 4.90 Å². The summed E-state index contributed by atoms with van der Waals surface area (Å²) in [6.07, 6.45) is 4.54. The maximum Gasteiger partial charge on any atom is 0.263 e. The van der Waals surface area contributed by atoms with E-state index in [1.807, 2.05) is 19.1 Å². The van der Waals surface area contributed by atoms with Crippen molar-refractivity contribution in [2.24, 2.45) is 0 Å². The van der Waals surface area contributed by atoms with E-state index in [1.165, 1.54) is 18.5 Å². The van der Waals surface area contributed by atoms with Gasteiger partial charge in [0, 0.05) is 24.0 Å². The van der Waals surface area contributed by atoms with Gasteiger partial charge in [0.15, 0.2) is 0 Å². The molecule has 106 valence electrons. The molecule has 0 fully saturated rings. The number of fused-ring (bicyclic) bond motifs is 1. The Morgan fingerprint density at radius 3 is 2.62 bits per heavy atom. The summed E-state index contributed by atoms with van der Waals surface area (Å²) in [5.74, 6) is 0. The summed E-state index contributed by atoms with van der Waals surface area (Å²) < 4.78 is 27.3. The van der Waals surface area contributed by atoms with Crippen LogP contribution in [0.3, 0.4) is 0 Å². The van der Waals surface area contributed by atoms with Gasteiger partial charge in [0.05, 0.1) is 11.2 Å². The van der Waals surface area contributed by atoms with Crippen LogP contribution in [0, 0.1) is 6.92 Å². The van der Waals surface area contributed by atoms with E-state index in [2.05, 4.69) is 14.7 Å². The van der Waals surface area contributed by atoms with Crippen molar-refractivity contribution in [3.63, 3.8) is 0 Å². The molecule has 2 heterocycles. The second kappa shape index (κ2) is 5.14. The van der Waals surface area contributed by atoms with E-state index in [0.717, 1.165) is 16.5 Å². The first-order chi connectivity index (χ1) is 10.1. The molecule has 0 aliphatic rings. The number of rotatable bonds is 3. The SMILES string of the molecule is Cc1ccc(NS(=O)(=O)c2cccnc2)c2cccnc12. The lowest BCUT2D eigenvalue weighted by Crippen LogP contribution is -2.13. The molecule has 0 saturated heterocycles. The van der Waals surface area contributed by atoms with Crippen LogP contribution in [0.5, 0.6) is 0 Å². The van der Waals surface area contributed by atoms with Gasteiger partial charge in [-0.05, 0) is 42.8 Å². The molecule has 6 heteroatoms. The zero-order chi connectivity index (χ0) is 14.9. The van der Waals surface area contributed by atoms with Crippen LogP contribution < -0.4 is 4.72 Å². The monoisotopic (exact) mass is 299 g/mol. The Hall–Kier alpha value is -2.47. The molecule has 0 aliphatic carbocycles. The summed E-state index contributed by atoms with van der Waals surface area (Å²) >= 11 is 0. The molecular weight excluding hydrogens is 286 g/mol. The number of hydrogen-bond donors (Lipinski definition) is 1. The van der Waals surface area contributed by atoms with Gasteiger partial charge in [0.2, 0.25) is 0 Å². The van der Waals surface area contributed by atoms with Gasteiger partial charge in [0.25, 0.3) is 10.0 Å². The van der Waals surface area contributed by atoms with Gasteiger partial charge < -0.3 is 0 Å². The fourth-order valence-electron chi connectivity index (χ4n) is 2.11. The summed E-state index contributed by atoms with van der Waals surface area (Å²) in [6.45, 7) is 1.94. The molecule has 0 bridgehead atoms. The van der Waals surface area contributed by atoms with Crippen molar-refractivity contribution in [2.75, 3.05) is 4.72 Å². The van der Waals surface area contributed by atoms with Gasteiger partial charge in [-0.15, -0.1) is 0 Å². The average Bonchev–Trinajstić information content (AvgIpc) is 2.51. The number of aromatic nitrogens is 2. The number of sulfonamides is 1. The highest BCUT2D eigenvalue weighted by Gasteiger charge is 2.16. The van der Waals surface area contributed by atoms with E-state index < -0.39 is 10.0 Å². The molecule has 1 aromatic carbocycles. The quantitative estimate of drug-likeness (QED) is 0.807. The highest BCUT2D eigenvalue weighted by molar-refractivity contribution is 7.92. The standard InChI is InChI=1S/C15H13N3O2S/c1-11-6-7-14(13-5-3-9-17-15(11)13)18-21(19,20)12-4-2-8-16-10-12/h2-10,18H,1H3. The topological polar surface area (TPSA) is 72.0 Å². The summed E-state index contributed by atoms with van der Waals surface area (Å²) in [4.78, 5) is 8.26. The van der Waals surface area contributed by atoms with Crippen LogP contribution in [-0.2, 0) is 10.0 Å². The number of hydrogen-bond acceptors (Lipinski definition) is 4. The largest absolute Gasteiger partial charge is 0.279 e. The number of benzene rings is 1. The van der Waals surface area contributed by atoms with Crippen LogP contribution in [-0.4, -0.2) is 18.4 Å². The van der Waals surface area contributed by atoms with E-state index in [1.54, 1.807) is 24.4 Å². The van der Waals surface area contributed by atoms with Gasteiger partial charge in [-0.2, -0.15) is 0 Å². The predicted molar refractivity (Wildman–Crippen MR) is 81.5 cm³/mol. The minimum atomic E-state index is -3.66. The molecule has 0 spiro atoms. The second-order valence-corrected chi connectivity index (χ2v) is 6.31. The number of nitrogens with zero attached hydrogens (tertiary/aromatic N) is 2. The predicted octanol–water partition coefficient (Wildman–Crippen LogP) is 2.74. The molecule has 0 atom stereocenters. The van der Waals surface area contributed by atoms with Crippen molar-refractivity contribution in [2.45, 2.75) is 11.8 Å². The van der Waals surface area contributed by atoms with E-state index in [4.69, 9.17) is 0 Å². The van der Waals surface area contributed by atoms with Gasteiger partial charge in [-0.3, -0.25) is 14.7 Å². The molecule has 21 heavy (non-hydrogen) atoms.